The number of hydrogen-bond donors (Lipinski definition) is 2. The first-order valence-electron chi connectivity index (χ1n) is 6.36. The monoisotopic (exact) mass is 264 g/mol. The predicted molar refractivity (Wildman–Crippen MR) is 77.8 cm³/mol. The fourth-order valence-electron chi connectivity index (χ4n) is 2.14. The van der Waals surface area contributed by atoms with E-state index < -0.39 is 0 Å². The molecule has 1 heterocycles. The molecule has 0 saturated heterocycles. The van der Waals surface area contributed by atoms with E-state index in [4.69, 9.17) is 18.0 Å². The summed E-state index contributed by atoms with van der Waals surface area (Å²) < 4.78 is 0. The second-order valence-corrected chi connectivity index (χ2v) is 5.65. The average Bonchev–Trinajstić information content (AvgIpc) is 3.11. The van der Waals surface area contributed by atoms with Gasteiger partial charge in [0.15, 0.2) is 5.82 Å². The largest absolute Gasteiger partial charge is 0.389 e. The highest BCUT2D eigenvalue weighted by atomic mass is 32.1. The summed E-state index contributed by atoms with van der Waals surface area (Å²) in [5.74, 6) is 0.727. The molecule has 98 valence electrons. The molecule has 1 aromatic heterocycles. The van der Waals surface area contributed by atoms with Crippen LogP contribution in [-0.4, -0.2) is 21.7 Å². The molecule has 5 heteroatoms. The number of nitrogens with zero attached hydrogens (tertiary/aromatic N) is 2. The maximum absolute atomic E-state index is 5.80. The molecule has 0 amide bonds. The molecule has 4 nitrogen and oxygen atoms in total. The lowest BCUT2D eigenvalue weighted by molar-refractivity contribution is 0.520. The van der Waals surface area contributed by atoms with E-state index in [1.54, 1.807) is 0 Å². The third-order valence-electron chi connectivity index (χ3n) is 4.04. The maximum Gasteiger partial charge on any atom is 0.159 e. The number of nitrogens with one attached hydrogen (secondary N) is 1. The minimum Gasteiger partial charge on any atom is -0.389 e. The summed E-state index contributed by atoms with van der Waals surface area (Å²) in [4.78, 5) is 0.384. The van der Waals surface area contributed by atoms with Gasteiger partial charge in [0.1, 0.15) is 4.99 Å². The zero-order chi connectivity index (χ0) is 13.3. The number of rotatable bonds is 5. The second kappa shape index (κ2) is 4.80. The van der Waals surface area contributed by atoms with Crippen molar-refractivity contribution in [2.45, 2.75) is 40.0 Å². The van der Waals surface area contributed by atoms with Gasteiger partial charge in [-0.1, -0.05) is 19.1 Å². The van der Waals surface area contributed by atoms with Crippen molar-refractivity contribution in [3.63, 3.8) is 0 Å². The molecule has 1 aliphatic rings. The highest BCUT2D eigenvalue weighted by Crippen LogP contribution is 2.48. The first-order chi connectivity index (χ1) is 8.49. The van der Waals surface area contributed by atoms with Crippen LogP contribution in [0.25, 0.3) is 0 Å². The highest BCUT2D eigenvalue weighted by molar-refractivity contribution is 7.80. The molecule has 18 heavy (non-hydrogen) atoms. The van der Waals surface area contributed by atoms with Gasteiger partial charge in [0.25, 0.3) is 0 Å². The molecular formula is C13H20N4S. The molecule has 2 rings (SSSR count). The van der Waals surface area contributed by atoms with Gasteiger partial charge in [-0.2, -0.15) is 5.10 Å². The van der Waals surface area contributed by atoms with Gasteiger partial charge in [0, 0.05) is 6.54 Å². The Morgan fingerprint density at radius 1 is 1.39 bits per heavy atom. The molecule has 0 radical (unpaired) electrons. The Labute approximate surface area is 113 Å². The van der Waals surface area contributed by atoms with E-state index in [1.807, 2.05) is 13.8 Å². The Morgan fingerprint density at radius 3 is 2.56 bits per heavy atom. The van der Waals surface area contributed by atoms with Crippen molar-refractivity contribution in [2.75, 3.05) is 11.9 Å². The van der Waals surface area contributed by atoms with Crippen LogP contribution in [-0.2, 0) is 0 Å². The molecule has 1 aromatic rings. The van der Waals surface area contributed by atoms with Gasteiger partial charge in [-0.15, -0.1) is 5.10 Å². The van der Waals surface area contributed by atoms with Gasteiger partial charge in [-0.05, 0) is 44.1 Å². The van der Waals surface area contributed by atoms with Gasteiger partial charge in [-0.3, -0.25) is 0 Å². The highest BCUT2D eigenvalue weighted by Gasteiger charge is 2.40. The van der Waals surface area contributed by atoms with Crippen LogP contribution < -0.4 is 11.1 Å². The fraction of sp³-hybridized carbons (Fsp3) is 0.615. The molecule has 1 fully saturated rings. The smallest absolute Gasteiger partial charge is 0.159 e. The summed E-state index contributed by atoms with van der Waals surface area (Å²) in [5, 5.41) is 11.7. The Bertz CT molecular complexity index is 480. The summed E-state index contributed by atoms with van der Waals surface area (Å²) in [6.07, 6.45) is 3.77. The number of anilines is 1. The van der Waals surface area contributed by atoms with Crippen molar-refractivity contribution in [1.82, 2.24) is 10.2 Å². The van der Waals surface area contributed by atoms with Gasteiger partial charge in [0.05, 0.1) is 11.3 Å². The Kier molecular flexibility index (Phi) is 3.52. The first-order valence-corrected chi connectivity index (χ1v) is 6.77. The average molecular weight is 264 g/mol. The van der Waals surface area contributed by atoms with Crippen LogP contribution in [0.4, 0.5) is 5.82 Å². The third-order valence-corrected chi connectivity index (χ3v) is 4.24. The van der Waals surface area contributed by atoms with E-state index >= 15 is 0 Å². The molecule has 0 unspecified atom stereocenters. The zero-order valence-corrected chi connectivity index (χ0v) is 12.0. The summed E-state index contributed by atoms with van der Waals surface area (Å²) in [5.41, 5.74) is 8.98. The Balaban J connectivity index is 2.22. The van der Waals surface area contributed by atoms with Crippen LogP contribution in [0.1, 0.15) is 43.0 Å². The SMILES string of the molecule is CCC1(CNc2nnc(C)c(C)c2C(N)=S)CC1. The predicted octanol–water partition coefficient (Wildman–Crippen LogP) is 2.33. The lowest BCUT2D eigenvalue weighted by Crippen LogP contribution is -2.21. The van der Waals surface area contributed by atoms with Crippen LogP contribution in [0.3, 0.4) is 0 Å². The summed E-state index contributed by atoms with van der Waals surface area (Å²) in [7, 11) is 0. The van der Waals surface area contributed by atoms with Gasteiger partial charge >= 0.3 is 0 Å². The van der Waals surface area contributed by atoms with Crippen molar-refractivity contribution in [1.29, 1.82) is 0 Å². The molecule has 3 N–H and O–H groups in total. The second-order valence-electron chi connectivity index (χ2n) is 5.21. The fourth-order valence-corrected chi connectivity index (χ4v) is 2.39. The van der Waals surface area contributed by atoms with Gasteiger partial charge < -0.3 is 11.1 Å². The van der Waals surface area contributed by atoms with Crippen LogP contribution >= 0.6 is 12.2 Å². The number of aryl methyl sites for hydroxylation is 1. The van der Waals surface area contributed by atoms with Gasteiger partial charge in [-0.25, -0.2) is 0 Å². The van der Waals surface area contributed by atoms with E-state index in [1.165, 1.54) is 19.3 Å². The number of nitrogens with two attached hydrogens (primary N) is 1. The topological polar surface area (TPSA) is 63.8 Å². The maximum atomic E-state index is 5.80. The van der Waals surface area contributed by atoms with Crippen LogP contribution in [0.5, 0.6) is 0 Å². The van der Waals surface area contributed by atoms with Crippen LogP contribution in [0.2, 0.25) is 0 Å². The quantitative estimate of drug-likeness (QED) is 0.799. The van der Waals surface area contributed by atoms with Gasteiger partial charge in [0.2, 0.25) is 0 Å². The molecule has 0 aliphatic heterocycles. The van der Waals surface area contributed by atoms with Crippen molar-refractivity contribution in [3.8, 4) is 0 Å². The summed E-state index contributed by atoms with van der Waals surface area (Å²) in [6, 6.07) is 0. The lowest BCUT2D eigenvalue weighted by Gasteiger charge is -2.17. The molecular weight excluding hydrogens is 244 g/mol. The van der Waals surface area contributed by atoms with E-state index in [9.17, 15) is 0 Å². The molecule has 1 saturated carbocycles. The van der Waals surface area contributed by atoms with E-state index in [0.717, 1.165) is 29.2 Å². The molecule has 0 atom stereocenters. The molecule has 0 bridgehead atoms. The van der Waals surface area contributed by atoms with Crippen LogP contribution in [0.15, 0.2) is 0 Å². The molecule has 1 aliphatic carbocycles. The van der Waals surface area contributed by atoms with Crippen LogP contribution in [0, 0.1) is 19.3 Å². The number of thiocarbonyl (C=S) groups is 1. The van der Waals surface area contributed by atoms with Crippen molar-refractivity contribution < 1.29 is 0 Å². The third kappa shape index (κ3) is 2.46. The van der Waals surface area contributed by atoms with Crippen molar-refractivity contribution >= 4 is 23.0 Å². The minimum atomic E-state index is 0.384. The first kappa shape index (κ1) is 13.2. The molecule has 0 spiro atoms. The van der Waals surface area contributed by atoms with E-state index in [0.29, 0.717) is 10.4 Å². The standard InChI is InChI=1S/C13H20N4S/c1-4-13(5-6-13)7-15-12-10(11(14)18)8(2)9(3)16-17-12/h4-7H2,1-3H3,(H2,14,18)(H,15,17). The number of aromatic nitrogens is 2. The van der Waals surface area contributed by atoms with E-state index in [-0.39, 0.29) is 0 Å². The summed E-state index contributed by atoms with van der Waals surface area (Å²) in [6.45, 7) is 7.06. The van der Waals surface area contributed by atoms with E-state index in [2.05, 4.69) is 22.4 Å². The summed E-state index contributed by atoms with van der Waals surface area (Å²) >= 11 is 5.12. The Morgan fingerprint density at radius 2 is 2.06 bits per heavy atom. The number of hydrogen-bond acceptors (Lipinski definition) is 4. The Hall–Kier alpha value is -1.23. The van der Waals surface area contributed by atoms with Crippen molar-refractivity contribution in [3.05, 3.63) is 16.8 Å². The van der Waals surface area contributed by atoms with Crippen molar-refractivity contribution in [2.24, 2.45) is 11.1 Å². The lowest BCUT2D eigenvalue weighted by atomic mass is 10.0. The minimum absolute atomic E-state index is 0.384. The molecule has 0 aromatic carbocycles. The normalized spacial score (nSPS) is 16.4. The zero-order valence-electron chi connectivity index (χ0n) is 11.2.